The maximum absolute atomic E-state index is 12.1. The molecule has 1 aliphatic carbocycles. The van der Waals surface area contributed by atoms with Gasteiger partial charge in [0.05, 0.1) is 17.6 Å². The molecule has 1 saturated carbocycles. The number of ether oxygens (including phenoxy) is 2. The number of rotatable bonds is 3. The second-order valence-electron chi connectivity index (χ2n) is 7.07. The van der Waals surface area contributed by atoms with Crippen LogP contribution in [-0.4, -0.2) is 47.6 Å². The van der Waals surface area contributed by atoms with E-state index in [4.69, 9.17) is 15.2 Å². The van der Waals surface area contributed by atoms with E-state index in [2.05, 4.69) is 5.32 Å². The molecule has 0 aromatic heterocycles. The van der Waals surface area contributed by atoms with Crippen LogP contribution in [-0.2, 0) is 14.3 Å². The second-order valence-corrected chi connectivity index (χ2v) is 7.07. The zero-order chi connectivity index (χ0) is 15.9. The normalized spacial score (nSPS) is 35.9. The number of hydrogen-bond donors (Lipinski definition) is 3. The molecule has 0 bridgehead atoms. The van der Waals surface area contributed by atoms with Gasteiger partial charge in [-0.25, -0.2) is 4.79 Å². The summed E-state index contributed by atoms with van der Waals surface area (Å²) < 4.78 is 10.6. The van der Waals surface area contributed by atoms with E-state index in [1.165, 1.54) is 0 Å². The molecule has 0 radical (unpaired) electrons. The highest BCUT2D eigenvalue weighted by Gasteiger charge is 2.65. The molecular formula is C14H24N2O5. The Labute approximate surface area is 124 Å². The van der Waals surface area contributed by atoms with Crippen molar-refractivity contribution in [3.05, 3.63) is 0 Å². The van der Waals surface area contributed by atoms with Crippen molar-refractivity contribution < 1.29 is 24.2 Å². The van der Waals surface area contributed by atoms with Crippen molar-refractivity contribution in [2.24, 2.45) is 11.1 Å². The van der Waals surface area contributed by atoms with Gasteiger partial charge in [0.15, 0.2) is 0 Å². The van der Waals surface area contributed by atoms with Gasteiger partial charge in [-0.3, -0.25) is 4.79 Å². The summed E-state index contributed by atoms with van der Waals surface area (Å²) in [5.74, 6) is -0.939. The SMILES string of the molecule is CC(C)(C)OC(=O)NC1(C2(C(=O)O)CC(N)C2)CCOC1. The first-order valence-electron chi connectivity index (χ1n) is 7.18. The van der Waals surface area contributed by atoms with Crippen molar-refractivity contribution in [1.82, 2.24) is 5.32 Å². The van der Waals surface area contributed by atoms with Crippen molar-refractivity contribution in [3.8, 4) is 0 Å². The van der Waals surface area contributed by atoms with Gasteiger partial charge in [-0.05, 0) is 40.0 Å². The van der Waals surface area contributed by atoms with E-state index in [1.807, 2.05) is 0 Å². The van der Waals surface area contributed by atoms with E-state index in [0.717, 1.165) is 0 Å². The van der Waals surface area contributed by atoms with Gasteiger partial charge in [-0.1, -0.05) is 0 Å². The number of carbonyl (C=O) groups is 2. The lowest BCUT2D eigenvalue weighted by Gasteiger charge is -2.53. The number of nitrogens with two attached hydrogens (primary N) is 1. The minimum atomic E-state index is -1.07. The van der Waals surface area contributed by atoms with Gasteiger partial charge < -0.3 is 25.6 Å². The quantitative estimate of drug-likeness (QED) is 0.713. The lowest BCUT2D eigenvalue weighted by atomic mass is 9.54. The molecular weight excluding hydrogens is 276 g/mol. The number of amides is 1. The molecule has 4 N–H and O–H groups in total. The molecule has 0 aromatic carbocycles. The molecule has 2 rings (SSSR count). The lowest BCUT2D eigenvalue weighted by Crippen LogP contribution is -2.70. The van der Waals surface area contributed by atoms with Crippen LogP contribution < -0.4 is 11.1 Å². The Kier molecular flexibility index (Phi) is 3.92. The van der Waals surface area contributed by atoms with Crippen molar-refractivity contribution >= 4 is 12.1 Å². The maximum atomic E-state index is 12.1. The largest absolute Gasteiger partial charge is 0.481 e. The summed E-state index contributed by atoms with van der Waals surface area (Å²) in [7, 11) is 0. The first-order valence-corrected chi connectivity index (χ1v) is 7.18. The number of aliphatic carboxylic acids is 1. The predicted octanol–water partition coefficient (Wildman–Crippen LogP) is 0.862. The van der Waals surface area contributed by atoms with E-state index in [-0.39, 0.29) is 12.6 Å². The van der Waals surface area contributed by atoms with Crippen molar-refractivity contribution in [2.75, 3.05) is 13.2 Å². The highest BCUT2D eigenvalue weighted by Crippen LogP contribution is 2.52. The highest BCUT2D eigenvalue weighted by atomic mass is 16.6. The van der Waals surface area contributed by atoms with Crippen molar-refractivity contribution in [1.29, 1.82) is 0 Å². The Balaban J connectivity index is 2.21. The van der Waals surface area contributed by atoms with Gasteiger partial charge >= 0.3 is 12.1 Å². The first-order chi connectivity index (χ1) is 9.60. The number of carbonyl (C=O) groups excluding carboxylic acids is 1. The Bertz CT molecular complexity index is 431. The standard InChI is InChI=1S/C14H24N2O5/c1-12(2,3)21-11(19)16-14(4-5-20-8-14)13(10(17)18)6-9(15)7-13/h9H,4-8,15H2,1-3H3,(H,16,19)(H,17,18). The van der Waals surface area contributed by atoms with E-state index in [0.29, 0.717) is 25.9 Å². The van der Waals surface area contributed by atoms with Crippen molar-refractivity contribution in [3.63, 3.8) is 0 Å². The number of carboxylic acids is 1. The monoisotopic (exact) mass is 300 g/mol. The van der Waals surface area contributed by atoms with Crippen LogP contribution in [0.1, 0.15) is 40.0 Å². The molecule has 7 nitrogen and oxygen atoms in total. The minimum Gasteiger partial charge on any atom is -0.481 e. The van der Waals surface area contributed by atoms with Crippen LogP contribution in [0.2, 0.25) is 0 Å². The van der Waals surface area contributed by atoms with Crippen LogP contribution in [0.15, 0.2) is 0 Å². The zero-order valence-electron chi connectivity index (χ0n) is 12.8. The van der Waals surface area contributed by atoms with E-state index < -0.39 is 28.6 Å². The molecule has 2 aliphatic rings. The molecule has 1 amide bonds. The lowest BCUT2D eigenvalue weighted by molar-refractivity contribution is -0.165. The van der Waals surface area contributed by atoms with Crippen LogP contribution in [0, 0.1) is 5.41 Å². The summed E-state index contributed by atoms with van der Waals surface area (Å²) in [5, 5.41) is 12.4. The predicted molar refractivity (Wildman–Crippen MR) is 74.8 cm³/mol. The summed E-state index contributed by atoms with van der Waals surface area (Å²) >= 11 is 0. The molecule has 1 aliphatic heterocycles. The summed E-state index contributed by atoms with van der Waals surface area (Å²) in [4.78, 5) is 23.9. The molecule has 21 heavy (non-hydrogen) atoms. The molecule has 1 atom stereocenters. The average Bonchev–Trinajstić information content (AvgIpc) is 2.70. The second kappa shape index (κ2) is 5.14. The van der Waals surface area contributed by atoms with Crippen LogP contribution >= 0.6 is 0 Å². The summed E-state index contributed by atoms with van der Waals surface area (Å²) in [6.45, 7) is 5.87. The molecule has 0 aromatic rings. The number of carboxylic acid groups (broad SMARTS) is 1. The van der Waals surface area contributed by atoms with Crippen LogP contribution in [0.25, 0.3) is 0 Å². The fraction of sp³-hybridized carbons (Fsp3) is 0.857. The number of alkyl carbamates (subject to hydrolysis) is 1. The van der Waals surface area contributed by atoms with E-state index in [1.54, 1.807) is 20.8 Å². The molecule has 0 spiro atoms. The van der Waals surface area contributed by atoms with Crippen LogP contribution in [0.5, 0.6) is 0 Å². The van der Waals surface area contributed by atoms with Gasteiger partial charge in [0.2, 0.25) is 0 Å². The van der Waals surface area contributed by atoms with Gasteiger partial charge in [0, 0.05) is 12.6 Å². The van der Waals surface area contributed by atoms with E-state index in [9.17, 15) is 14.7 Å². The fourth-order valence-corrected chi connectivity index (χ4v) is 3.27. The minimum absolute atomic E-state index is 0.154. The third kappa shape index (κ3) is 2.85. The fourth-order valence-electron chi connectivity index (χ4n) is 3.27. The van der Waals surface area contributed by atoms with Crippen molar-refractivity contribution in [2.45, 2.75) is 57.2 Å². The Morgan fingerprint density at radius 2 is 2.00 bits per heavy atom. The Morgan fingerprint density at radius 1 is 1.38 bits per heavy atom. The third-order valence-electron chi connectivity index (χ3n) is 4.31. The van der Waals surface area contributed by atoms with Gasteiger partial charge in [-0.2, -0.15) is 0 Å². The molecule has 1 saturated heterocycles. The number of hydrogen-bond acceptors (Lipinski definition) is 5. The third-order valence-corrected chi connectivity index (χ3v) is 4.31. The molecule has 120 valence electrons. The smallest absolute Gasteiger partial charge is 0.408 e. The Morgan fingerprint density at radius 3 is 2.38 bits per heavy atom. The highest BCUT2D eigenvalue weighted by molar-refractivity contribution is 5.80. The van der Waals surface area contributed by atoms with Gasteiger partial charge in [0.1, 0.15) is 5.60 Å². The van der Waals surface area contributed by atoms with Crippen LogP contribution in [0.3, 0.4) is 0 Å². The Hall–Kier alpha value is -1.34. The molecule has 1 heterocycles. The molecule has 1 unspecified atom stereocenters. The zero-order valence-corrected chi connectivity index (χ0v) is 12.8. The van der Waals surface area contributed by atoms with Crippen LogP contribution in [0.4, 0.5) is 4.79 Å². The van der Waals surface area contributed by atoms with E-state index >= 15 is 0 Å². The topological polar surface area (TPSA) is 111 Å². The average molecular weight is 300 g/mol. The first kappa shape index (κ1) is 16.0. The summed E-state index contributed by atoms with van der Waals surface area (Å²) in [6, 6.07) is -0.154. The van der Waals surface area contributed by atoms with Gasteiger partial charge in [0.25, 0.3) is 0 Å². The molecule has 7 heteroatoms. The molecule has 2 fully saturated rings. The number of nitrogens with one attached hydrogen (secondary N) is 1. The maximum Gasteiger partial charge on any atom is 0.408 e. The van der Waals surface area contributed by atoms with Gasteiger partial charge in [-0.15, -0.1) is 0 Å². The summed E-state index contributed by atoms with van der Waals surface area (Å²) in [6.07, 6.45) is 0.503. The summed E-state index contributed by atoms with van der Waals surface area (Å²) in [5.41, 5.74) is 3.14.